The summed E-state index contributed by atoms with van der Waals surface area (Å²) in [4.78, 5) is 13.8. The molecule has 1 amide bonds. The van der Waals surface area contributed by atoms with Crippen LogP contribution in [-0.2, 0) is 4.74 Å². The van der Waals surface area contributed by atoms with E-state index in [-0.39, 0.29) is 17.2 Å². The van der Waals surface area contributed by atoms with Crippen molar-refractivity contribution in [3.63, 3.8) is 0 Å². The summed E-state index contributed by atoms with van der Waals surface area (Å²) in [6, 6.07) is 0. The van der Waals surface area contributed by atoms with E-state index in [2.05, 4.69) is 27.7 Å². The molecule has 2 aliphatic rings. The van der Waals surface area contributed by atoms with Gasteiger partial charge in [0.2, 0.25) is 0 Å². The molecule has 2 saturated heterocycles. The Morgan fingerprint density at radius 2 is 2.00 bits per heavy atom. The summed E-state index contributed by atoms with van der Waals surface area (Å²) >= 11 is 0. The summed E-state index contributed by atoms with van der Waals surface area (Å²) < 4.78 is 5.65. The molecular formula is C12H21NO2. The number of cyclic esters (lactones) is 1. The minimum absolute atomic E-state index is 0.101. The van der Waals surface area contributed by atoms with Crippen LogP contribution >= 0.6 is 0 Å². The van der Waals surface area contributed by atoms with Gasteiger partial charge in [0.15, 0.2) is 0 Å². The lowest BCUT2D eigenvalue weighted by Crippen LogP contribution is -2.59. The maximum Gasteiger partial charge on any atom is 0.410 e. The molecule has 0 aromatic rings. The molecule has 3 heteroatoms. The van der Waals surface area contributed by atoms with Gasteiger partial charge in [-0.1, -0.05) is 13.8 Å². The van der Waals surface area contributed by atoms with Gasteiger partial charge >= 0.3 is 6.09 Å². The fourth-order valence-corrected chi connectivity index (χ4v) is 3.02. The molecule has 0 bridgehead atoms. The van der Waals surface area contributed by atoms with Crippen molar-refractivity contribution in [2.24, 2.45) is 5.92 Å². The maximum atomic E-state index is 11.8. The number of amides is 1. The highest BCUT2D eigenvalue weighted by Crippen LogP contribution is 2.48. The van der Waals surface area contributed by atoms with Crippen LogP contribution in [-0.4, -0.2) is 28.7 Å². The SMILES string of the molecule is CC(C)[C@@]1(C)OC(=O)N2CCCCC21C. The summed E-state index contributed by atoms with van der Waals surface area (Å²) in [5, 5.41) is 0. The van der Waals surface area contributed by atoms with Crippen LogP contribution in [0.3, 0.4) is 0 Å². The van der Waals surface area contributed by atoms with Gasteiger partial charge < -0.3 is 4.74 Å². The first kappa shape index (κ1) is 10.8. The molecule has 2 atom stereocenters. The van der Waals surface area contributed by atoms with Crippen molar-refractivity contribution in [3.8, 4) is 0 Å². The van der Waals surface area contributed by atoms with E-state index < -0.39 is 0 Å². The molecule has 0 aromatic carbocycles. The molecule has 0 N–H and O–H groups in total. The van der Waals surface area contributed by atoms with E-state index in [0.717, 1.165) is 19.4 Å². The zero-order valence-electron chi connectivity index (χ0n) is 10.2. The van der Waals surface area contributed by atoms with Gasteiger partial charge in [0.1, 0.15) is 5.60 Å². The second-order valence-corrected chi connectivity index (χ2v) is 5.51. The average Bonchev–Trinajstić information content (AvgIpc) is 2.37. The Morgan fingerprint density at radius 3 is 2.60 bits per heavy atom. The van der Waals surface area contributed by atoms with Gasteiger partial charge in [-0.3, -0.25) is 4.90 Å². The Hall–Kier alpha value is -0.730. The molecule has 0 spiro atoms. The van der Waals surface area contributed by atoms with Crippen LogP contribution in [0.2, 0.25) is 0 Å². The third kappa shape index (κ3) is 1.21. The van der Waals surface area contributed by atoms with E-state index in [0.29, 0.717) is 5.92 Å². The minimum atomic E-state index is -0.329. The maximum absolute atomic E-state index is 11.8. The Labute approximate surface area is 91.8 Å². The average molecular weight is 211 g/mol. The van der Waals surface area contributed by atoms with Crippen LogP contribution in [0.25, 0.3) is 0 Å². The molecule has 2 rings (SSSR count). The van der Waals surface area contributed by atoms with Crippen molar-refractivity contribution in [3.05, 3.63) is 0 Å². The number of carbonyl (C=O) groups is 1. The summed E-state index contributed by atoms with van der Waals surface area (Å²) in [5.41, 5.74) is -0.430. The van der Waals surface area contributed by atoms with Crippen molar-refractivity contribution < 1.29 is 9.53 Å². The number of hydrogen-bond donors (Lipinski definition) is 0. The molecule has 2 fully saturated rings. The molecule has 0 saturated carbocycles. The largest absolute Gasteiger partial charge is 0.440 e. The van der Waals surface area contributed by atoms with Crippen molar-refractivity contribution in [2.45, 2.75) is 58.1 Å². The molecule has 0 radical (unpaired) electrons. The standard InChI is InChI=1S/C12H21NO2/c1-9(2)12(4)11(3)7-5-6-8-13(11)10(14)15-12/h9H,5-8H2,1-4H3/t11?,12-/m1/s1. The Balaban J connectivity index is 2.39. The van der Waals surface area contributed by atoms with E-state index in [9.17, 15) is 4.79 Å². The Bertz CT molecular complexity index is 289. The van der Waals surface area contributed by atoms with Crippen molar-refractivity contribution in [1.29, 1.82) is 0 Å². The van der Waals surface area contributed by atoms with Crippen LogP contribution in [0, 0.1) is 5.92 Å². The number of hydrogen-bond acceptors (Lipinski definition) is 2. The number of piperidine rings is 1. The number of rotatable bonds is 1. The van der Waals surface area contributed by atoms with Gasteiger partial charge in [0, 0.05) is 6.54 Å². The van der Waals surface area contributed by atoms with Crippen LogP contribution in [0.15, 0.2) is 0 Å². The minimum Gasteiger partial charge on any atom is -0.440 e. The molecule has 15 heavy (non-hydrogen) atoms. The fraction of sp³-hybridized carbons (Fsp3) is 0.917. The van der Waals surface area contributed by atoms with Gasteiger partial charge in [0.05, 0.1) is 5.54 Å². The highest BCUT2D eigenvalue weighted by Gasteiger charge is 2.61. The Kier molecular flexibility index (Phi) is 2.25. The van der Waals surface area contributed by atoms with Crippen molar-refractivity contribution >= 4 is 6.09 Å². The number of ether oxygens (including phenoxy) is 1. The van der Waals surface area contributed by atoms with Gasteiger partial charge in [-0.25, -0.2) is 4.79 Å². The molecule has 2 aliphatic heterocycles. The van der Waals surface area contributed by atoms with E-state index >= 15 is 0 Å². The number of fused-ring (bicyclic) bond motifs is 1. The highest BCUT2D eigenvalue weighted by atomic mass is 16.6. The van der Waals surface area contributed by atoms with Crippen molar-refractivity contribution in [2.75, 3.05) is 6.54 Å². The molecule has 1 unspecified atom stereocenters. The normalized spacial score (nSPS) is 40.6. The first-order valence-corrected chi connectivity index (χ1v) is 5.92. The molecular weight excluding hydrogens is 190 g/mol. The number of nitrogens with zero attached hydrogens (tertiary/aromatic N) is 1. The lowest BCUT2D eigenvalue weighted by Gasteiger charge is -2.46. The van der Waals surface area contributed by atoms with Crippen molar-refractivity contribution in [1.82, 2.24) is 4.90 Å². The fourth-order valence-electron chi connectivity index (χ4n) is 3.02. The van der Waals surface area contributed by atoms with E-state index in [4.69, 9.17) is 4.74 Å². The smallest absolute Gasteiger partial charge is 0.410 e. The van der Waals surface area contributed by atoms with Gasteiger partial charge in [-0.2, -0.15) is 0 Å². The molecule has 3 nitrogen and oxygen atoms in total. The highest BCUT2D eigenvalue weighted by molar-refractivity contribution is 5.73. The summed E-state index contributed by atoms with van der Waals surface area (Å²) in [6.07, 6.45) is 3.26. The van der Waals surface area contributed by atoms with Crippen LogP contribution in [0.5, 0.6) is 0 Å². The zero-order valence-corrected chi connectivity index (χ0v) is 10.2. The third-order valence-corrected chi connectivity index (χ3v) is 4.58. The summed E-state index contributed by atoms with van der Waals surface area (Å²) in [6.45, 7) is 9.39. The zero-order chi connectivity index (χ0) is 11.3. The van der Waals surface area contributed by atoms with E-state index in [1.165, 1.54) is 6.42 Å². The second-order valence-electron chi connectivity index (χ2n) is 5.51. The topological polar surface area (TPSA) is 29.5 Å². The quantitative estimate of drug-likeness (QED) is 0.667. The van der Waals surface area contributed by atoms with E-state index in [1.54, 1.807) is 0 Å². The molecule has 0 aromatic heterocycles. The lowest BCUT2D eigenvalue weighted by molar-refractivity contribution is -0.0419. The van der Waals surface area contributed by atoms with Crippen LogP contribution in [0.1, 0.15) is 47.0 Å². The molecule has 0 aliphatic carbocycles. The van der Waals surface area contributed by atoms with Gasteiger partial charge in [-0.05, 0) is 39.0 Å². The predicted molar refractivity (Wildman–Crippen MR) is 58.7 cm³/mol. The van der Waals surface area contributed by atoms with Gasteiger partial charge in [-0.15, -0.1) is 0 Å². The second kappa shape index (κ2) is 3.13. The third-order valence-electron chi connectivity index (χ3n) is 4.58. The van der Waals surface area contributed by atoms with Crippen LogP contribution < -0.4 is 0 Å². The Morgan fingerprint density at radius 1 is 1.33 bits per heavy atom. The van der Waals surface area contributed by atoms with Crippen LogP contribution in [0.4, 0.5) is 4.79 Å². The summed E-state index contributed by atoms with van der Waals surface area (Å²) in [7, 11) is 0. The predicted octanol–water partition coefficient (Wildman–Crippen LogP) is 2.80. The van der Waals surface area contributed by atoms with Gasteiger partial charge in [0.25, 0.3) is 0 Å². The first-order valence-electron chi connectivity index (χ1n) is 5.92. The monoisotopic (exact) mass is 211 g/mol. The molecule has 2 heterocycles. The first-order chi connectivity index (χ1) is 6.92. The lowest BCUT2D eigenvalue weighted by atomic mass is 9.71. The summed E-state index contributed by atoms with van der Waals surface area (Å²) in [5.74, 6) is 0.356. The van der Waals surface area contributed by atoms with E-state index in [1.807, 2.05) is 4.90 Å². The number of carbonyl (C=O) groups excluding carboxylic acids is 1. The molecule has 86 valence electrons.